The third kappa shape index (κ3) is 3.30. The molecule has 0 amide bonds. The predicted octanol–water partition coefficient (Wildman–Crippen LogP) is 4.09. The van der Waals surface area contributed by atoms with Crippen LogP contribution in [0.25, 0.3) is 10.8 Å². The van der Waals surface area contributed by atoms with Crippen molar-refractivity contribution in [1.29, 1.82) is 5.26 Å². The minimum atomic E-state index is -0.0426. The van der Waals surface area contributed by atoms with Gasteiger partial charge in [-0.25, -0.2) is 4.98 Å². The summed E-state index contributed by atoms with van der Waals surface area (Å²) in [6, 6.07) is 11.0. The molecular formula is C17H13N3O2S. The molecule has 1 aromatic carbocycles. The first-order chi connectivity index (χ1) is 11.2. The summed E-state index contributed by atoms with van der Waals surface area (Å²) in [5.41, 5.74) is 2.38. The van der Waals surface area contributed by atoms with Crippen LogP contribution in [0.2, 0.25) is 0 Å². The molecule has 0 saturated heterocycles. The molecule has 0 fully saturated rings. The lowest BCUT2D eigenvalue weighted by Gasteiger charge is -2.07. The third-order valence-corrected chi connectivity index (χ3v) is 4.15. The SMILES string of the molecule is CC(=O)c1ccc(C#N)c(NCc2coc(-c3cccs3)n2)c1. The molecule has 6 heteroatoms. The second kappa shape index (κ2) is 6.46. The molecule has 0 atom stereocenters. The van der Waals surface area contributed by atoms with Gasteiger partial charge in [0.05, 0.1) is 28.4 Å². The van der Waals surface area contributed by atoms with Crippen molar-refractivity contribution < 1.29 is 9.21 Å². The van der Waals surface area contributed by atoms with E-state index in [-0.39, 0.29) is 5.78 Å². The number of hydrogen-bond acceptors (Lipinski definition) is 6. The zero-order chi connectivity index (χ0) is 16.2. The number of Topliss-reactive ketones (excluding diaryl/α,β-unsaturated/α-hetero) is 1. The molecule has 0 aliphatic carbocycles. The van der Waals surface area contributed by atoms with Crippen molar-refractivity contribution >= 4 is 22.8 Å². The summed E-state index contributed by atoms with van der Waals surface area (Å²) >= 11 is 1.56. The van der Waals surface area contributed by atoms with Gasteiger partial charge in [-0.2, -0.15) is 5.26 Å². The van der Waals surface area contributed by atoms with E-state index in [0.29, 0.717) is 29.2 Å². The summed E-state index contributed by atoms with van der Waals surface area (Å²) in [6.07, 6.45) is 1.59. The van der Waals surface area contributed by atoms with Crippen LogP contribution in [-0.4, -0.2) is 10.8 Å². The number of anilines is 1. The summed E-state index contributed by atoms with van der Waals surface area (Å²) in [7, 11) is 0. The molecule has 0 radical (unpaired) electrons. The van der Waals surface area contributed by atoms with Gasteiger partial charge in [0.15, 0.2) is 5.78 Å². The molecule has 0 spiro atoms. The van der Waals surface area contributed by atoms with E-state index in [2.05, 4.69) is 16.4 Å². The maximum Gasteiger partial charge on any atom is 0.236 e. The number of hydrogen-bond donors (Lipinski definition) is 1. The highest BCUT2D eigenvalue weighted by Crippen LogP contribution is 2.24. The van der Waals surface area contributed by atoms with Crippen LogP contribution >= 0.6 is 11.3 Å². The molecule has 2 aromatic heterocycles. The van der Waals surface area contributed by atoms with Crippen LogP contribution in [0.5, 0.6) is 0 Å². The lowest BCUT2D eigenvalue weighted by molar-refractivity contribution is 0.101. The molecule has 0 bridgehead atoms. The number of ketones is 1. The van der Waals surface area contributed by atoms with Crippen molar-refractivity contribution in [1.82, 2.24) is 4.98 Å². The Labute approximate surface area is 137 Å². The van der Waals surface area contributed by atoms with E-state index in [4.69, 9.17) is 9.68 Å². The normalized spacial score (nSPS) is 10.3. The van der Waals surface area contributed by atoms with Gasteiger partial charge in [0.2, 0.25) is 5.89 Å². The van der Waals surface area contributed by atoms with Gasteiger partial charge in [0.25, 0.3) is 0 Å². The van der Waals surface area contributed by atoms with E-state index < -0.39 is 0 Å². The zero-order valence-electron chi connectivity index (χ0n) is 12.4. The molecule has 23 heavy (non-hydrogen) atoms. The van der Waals surface area contributed by atoms with Gasteiger partial charge >= 0.3 is 0 Å². The molecule has 0 aliphatic rings. The highest BCUT2D eigenvalue weighted by molar-refractivity contribution is 7.13. The average molecular weight is 323 g/mol. The van der Waals surface area contributed by atoms with Crippen molar-refractivity contribution in [2.24, 2.45) is 0 Å². The van der Waals surface area contributed by atoms with E-state index in [1.165, 1.54) is 6.92 Å². The van der Waals surface area contributed by atoms with Crippen molar-refractivity contribution in [3.05, 3.63) is 58.8 Å². The monoisotopic (exact) mass is 323 g/mol. The van der Waals surface area contributed by atoms with Crippen molar-refractivity contribution in [3.8, 4) is 16.8 Å². The lowest BCUT2D eigenvalue weighted by Crippen LogP contribution is -2.03. The Morgan fingerprint density at radius 1 is 1.43 bits per heavy atom. The number of thiophene rings is 1. The van der Waals surface area contributed by atoms with Gasteiger partial charge in [0, 0.05) is 5.56 Å². The third-order valence-electron chi connectivity index (χ3n) is 3.29. The van der Waals surface area contributed by atoms with Crippen LogP contribution in [0, 0.1) is 11.3 Å². The summed E-state index contributed by atoms with van der Waals surface area (Å²) in [4.78, 5) is 16.8. The molecule has 5 nitrogen and oxygen atoms in total. The Balaban J connectivity index is 1.77. The Hall–Kier alpha value is -2.91. The summed E-state index contributed by atoms with van der Waals surface area (Å²) in [5, 5.41) is 14.3. The minimum Gasteiger partial charge on any atom is -0.443 e. The second-order valence-corrected chi connectivity index (χ2v) is 5.85. The van der Waals surface area contributed by atoms with Gasteiger partial charge in [0.1, 0.15) is 12.3 Å². The quantitative estimate of drug-likeness (QED) is 0.715. The maximum atomic E-state index is 11.5. The summed E-state index contributed by atoms with van der Waals surface area (Å²) in [6.45, 7) is 1.90. The minimum absolute atomic E-state index is 0.0426. The summed E-state index contributed by atoms with van der Waals surface area (Å²) in [5.74, 6) is 0.536. The van der Waals surface area contributed by atoms with Crippen LogP contribution < -0.4 is 5.32 Å². The first-order valence-electron chi connectivity index (χ1n) is 6.94. The molecule has 2 heterocycles. The molecule has 114 valence electrons. The van der Waals surface area contributed by atoms with Crippen molar-refractivity contribution in [2.75, 3.05) is 5.32 Å². The highest BCUT2D eigenvalue weighted by atomic mass is 32.1. The van der Waals surface area contributed by atoms with Crippen LogP contribution in [0.1, 0.15) is 28.5 Å². The van der Waals surface area contributed by atoms with Crippen LogP contribution in [0.15, 0.2) is 46.4 Å². The largest absolute Gasteiger partial charge is 0.443 e. The number of oxazole rings is 1. The van der Waals surface area contributed by atoms with E-state index in [1.54, 1.807) is 35.8 Å². The number of rotatable bonds is 5. The predicted molar refractivity (Wildman–Crippen MR) is 88.3 cm³/mol. The smallest absolute Gasteiger partial charge is 0.236 e. The molecule has 0 aliphatic heterocycles. The number of aromatic nitrogens is 1. The lowest BCUT2D eigenvalue weighted by atomic mass is 10.1. The van der Waals surface area contributed by atoms with Gasteiger partial charge in [-0.1, -0.05) is 6.07 Å². The van der Waals surface area contributed by atoms with Gasteiger partial charge in [-0.15, -0.1) is 11.3 Å². The first-order valence-corrected chi connectivity index (χ1v) is 7.82. The number of nitriles is 1. The number of carbonyl (C=O) groups excluding carboxylic acids is 1. The number of carbonyl (C=O) groups is 1. The van der Waals surface area contributed by atoms with E-state index >= 15 is 0 Å². The average Bonchev–Trinajstić information content (AvgIpc) is 3.23. The fraction of sp³-hybridized carbons (Fsp3) is 0.118. The highest BCUT2D eigenvalue weighted by Gasteiger charge is 2.10. The van der Waals surface area contributed by atoms with Crippen molar-refractivity contribution in [3.63, 3.8) is 0 Å². The topological polar surface area (TPSA) is 78.9 Å². The first kappa shape index (κ1) is 15.0. The van der Waals surface area contributed by atoms with E-state index in [0.717, 1.165) is 10.6 Å². The summed E-state index contributed by atoms with van der Waals surface area (Å²) < 4.78 is 5.46. The Bertz CT molecular complexity index is 876. The number of nitrogens with zero attached hydrogens (tertiary/aromatic N) is 2. The Kier molecular flexibility index (Phi) is 4.22. The second-order valence-electron chi connectivity index (χ2n) is 4.90. The van der Waals surface area contributed by atoms with Gasteiger partial charge < -0.3 is 9.73 Å². The standard InChI is InChI=1S/C17H13N3O2S/c1-11(21)12-4-5-13(8-18)15(7-12)19-9-14-10-22-17(20-14)16-3-2-6-23-16/h2-7,10,19H,9H2,1H3. The Morgan fingerprint density at radius 3 is 3.00 bits per heavy atom. The maximum absolute atomic E-state index is 11.5. The van der Waals surface area contributed by atoms with Crippen LogP contribution in [-0.2, 0) is 6.54 Å². The zero-order valence-corrected chi connectivity index (χ0v) is 13.2. The number of benzene rings is 1. The van der Waals surface area contributed by atoms with Gasteiger partial charge in [-0.3, -0.25) is 4.79 Å². The van der Waals surface area contributed by atoms with E-state index in [9.17, 15) is 4.79 Å². The van der Waals surface area contributed by atoms with Crippen LogP contribution in [0.4, 0.5) is 5.69 Å². The van der Waals surface area contributed by atoms with Crippen molar-refractivity contribution in [2.45, 2.75) is 13.5 Å². The fourth-order valence-corrected chi connectivity index (χ4v) is 2.75. The molecule has 3 rings (SSSR count). The molecule has 3 aromatic rings. The molecule has 0 unspecified atom stereocenters. The fourth-order valence-electron chi connectivity index (χ4n) is 2.09. The number of nitrogens with one attached hydrogen (secondary N) is 1. The van der Waals surface area contributed by atoms with Crippen LogP contribution in [0.3, 0.4) is 0 Å². The molecule has 1 N–H and O–H groups in total. The van der Waals surface area contributed by atoms with E-state index in [1.807, 2.05) is 17.5 Å². The van der Waals surface area contributed by atoms with Gasteiger partial charge in [-0.05, 0) is 36.6 Å². The molecule has 0 saturated carbocycles. The molecular weight excluding hydrogens is 310 g/mol. The Morgan fingerprint density at radius 2 is 2.30 bits per heavy atom.